The van der Waals surface area contributed by atoms with E-state index in [2.05, 4.69) is 10.3 Å². The van der Waals surface area contributed by atoms with Gasteiger partial charge in [-0.25, -0.2) is 4.98 Å². The van der Waals surface area contributed by atoms with Crippen LogP contribution < -0.4 is 5.32 Å². The molecule has 1 aromatic carbocycles. The molecule has 1 N–H and O–H groups in total. The fourth-order valence-electron chi connectivity index (χ4n) is 2.90. The smallest absolute Gasteiger partial charge is 0.288 e. The number of hydrogen-bond donors (Lipinski definition) is 1. The monoisotopic (exact) mass is 396 g/mol. The molecule has 0 spiro atoms. The second-order valence-corrected chi connectivity index (χ2v) is 8.98. The summed E-state index contributed by atoms with van der Waals surface area (Å²) in [6, 6.07) is 7.00. The van der Waals surface area contributed by atoms with E-state index >= 15 is 0 Å². The van der Waals surface area contributed by atoms with Crippen LogP contribution in [0.1, 0.15) is 33.0 Å². The molecule has 0 bridgehead atoms. The van der Waals surface area contributed by atoms with Crippen molar-refractivity contribution in [3.05, 3.63) is 39.6 Å². The van der Waals surface area contributed by atoms with E-state index in [9.17, 15) is 13.6 Å². The first-order valence-corrected chi connectivity index (χ1v) is 10.4. The summed E-state index contributed by atoms with van der Waals surface area (Å²) in [7, 11) is 0. The van der Waals surface area contributed by atoms with E-state index < -0.39 is 5.76 Å². The number of nitrogens with one attached hydrogen (secondary N) is 1. The summed E-state index contributed by atoms with van der Waals surface area (Å²) >= 11 is 3.37. The van der Waals surface area contributed by atoms with E-state index in [4.69, 9.17) is 0 Å². The van der Waals surface area contributed by atoms with Gasteiger partial charge in [-0.1, -0.05) is 23.1 Å². The number of thiophene rings is 1. The summed E-state index contributed by atoms with van der Waals surface area (Å²) in [5.41, 5.74) is 1.99. The number of benzene rings is 1. The number of thiazole rings is 1. The zero-order valence-electron chi connectivity index (χ0n) is 13.1. The van der Waals surface area contributed by atoms with Crippen molar-refractivity contribution in [3.8, 4) is 0 Å². The van der Waals surface area contributed by atoms with Crippen LogP contribution in [0.5, 0.6) is 0 Å². The number of nitrogens with zero attached hydrogens (tertiary/aromatic N) is 1. The van der Waals surface area contributed by atoms with Gasteiger partial charge in [-0.05, 0) is 55.5 Å². The van der Waals surface area contributed by atoms with Crippen molar-refractivity contribution in [2.24, 2.45) is 0 Å². The Morgan fingerprint density at radius 2 is 2.04 bits per heavy atom. The van der Waals surface area contributed by atoms with Crippen LogP contribution in [-0.2, 0) is 12.8 Å². The Kier molecular flexibility index (Phi) is 4.75. The quantitative estimate of drug-likeness (QED) is 0.567. The average molecular weight is 397 g/mol. The number of thioether (sulfide) groups is 1. The standard InChI is InChI=1S/C17H14F2N2OS3/c18-16(19)23-10-5-6-11-13(8-10)25-17(20-11)21-15(22)14-7-9-3-1-2-4-12(9)24-14/h5-8,16H,1-4H2,(H,20,21,22). The third-order valence-corrected chi connectivity index (χ3v) is 6.90. The Labute approximate surface area is 155 Å². The molecule has 8 heteroatoms. The van der Waals surface area contributed by atoms with Gasteiger partial charge in [-0.3, -0.25) is 10.1 Å². The average Bonchev–Trinajstić information content (AvgIpc) is 3.16. The van der Waals surface area contributed by atoms with Gasteiger partial charge in [-0.2, -0.15) is 8.78 Å². The normalized spacial score (nSPS) is 14.0. The second-order valence-electron chi connectivity index (χ2n) is 5.75. The molecule has 1 aliphatic carbocycles. The molecule has 0 saturated carbocycles. The Morgan fingerprint density at radius 1 is 1.20 bits per heavy atom. The number of aromatic nitrogens is 1. The predicted octanol–water partition coefficient (Wildman–Crippen LogP) is 5.80. The Hall–Kier alpha value is -1.51. The summed E-state index contributed by atoms with van der Waals surface area (Å²) in [6.07, 6.45) is 4.47. The van der Waals surface area contributed by atoms with E-state index in [1.807, 2.05) is 6.07 Å². The van der Waals surface area contributed by atoms with Gasteiger partial charge in [0.2, 0.25) is 0 Å². The number of amides is 1. The van der Waals surface area contributed by atoms with Gasteiger partial charge in [0, 0.05) is 9.77 Å². The summed E-state index contributed by atoms with van der Waals surface area (Å²) in [6.45, 7) is 0. The molecule has 0 saturated heterocycles. The maximum absolute atomic E-state index is 12.5. The maximum Gasteiger partial charge on any atom is 0.288 e. The lowest BCUT2D eigenvalue weighted by atomic mass is 9.99. The molecule has 3 aromatic rings. The molecular weight excluding hydrogens is 382 g/mol. The molecule has 0 aliphatic heterocycles. The molecule has 25 heavy (non-hydrogen) atoms. The van der Waals surface area contributed by atoms with E-state index in [-0.39, 0.29) is 5.91 Å². The van der Waals surface area contributed by atoms with E-state index in [0.29, 0.717) is 32.2 Å². The first-order valence-electron chi connectivity index (χ1n) is 7.87. The van der Waals surface area contributed by atoms with Gasteiger partial charge in [-0.15, -0.1) is 11.3 Å². The molecule has 4 rings (SSSR count). The number of carbonyl (C=O) groups is 1. The van der Waals surface area contributed by atoms with Crippen LogP contribution in [0.15, 0.2) is 29.2 Å². The lowest BCUT2D eigenvalue weighted by Crippen LogP contribution is -2.09. The third kappa shape index (κ3) is 3.70. The highest BCUT2D eigenvalue weighted by molar-refractivity contribution is 7.99. The Balaban J connectivity index is 1.53. The van der Waals surface area contributed by atoms with Crippen LogP contribution in [0.4, 0.5) is 13.9 Å². The number of alkyl halides is 2. The number of hydrogen-bond acceptors (Lipinski definition) is 5. The van der Waals surface area contributed by atoms with Crippen molar-refractivity contribution in [1.29, 1.82) is 0 Å². The number of rotatable bonds is 4. The van der Waals surface area contributed by atoms with Crippen LogP contribution in [0.3, 0.4) is 0 Å². The van der Waals surface area contributed by atoms with Crippen molar-refractivity contribution >= 4 is 55.7 Å². The SMILES string of the molecule is O=C(Nc1nc2ccc(SC(F)F)cc2s1)c1cc2c(s1)CCCC2. The fourth-order valence-corrected chi connectivity index (χ4v) is 5.56. The lowest BCUT2D eigenvalue weighted by Gasteiger charge is -2.08. The minimum absolute atomic E-state index is 0.152. The maximum atomic E-state index is 12.5. The summed E-state index contributed by atoms with van der Waals surface area (Å²) in [5, 5.41) is 3.33. The van der Waals surface area contributed by atoms with Gasteiger partial charge >= 0.3 is 0 Å². The zero-order chi connectivity index (χ0) is 17.4. The minimum atomic E-state index is -2.45. The van der Waals surface area contributed by atoms with Crippen molar-refractivity contribution < 1.29 is 13.6 Å². The highest BCUT2D eigenvalue weighted by Crippen LogP contribution is 2.34. The number of aryl methyl sites for hydroxylation is 2. The van der Waals surface area contributed by atoms with Crippen molar-refractivity contribution in [2.75, 3.05) is 5.32 Å². The first-order chi connectivity index (χ1) is 12.1. The number of halogens is 2. The molecule has 130 valence electrons. The van der Waals surface area contributed by atoms with Crippen molar-refractivity contribution in [3.63, 3.8) is 0 Å². The Bertz CT molecular complexity index is 912. The van der Waals surface area contributed by atoms with Gasteiger partial charge in [0.05, 0.1) is 15.1 Å². The highest BCUT2D eigenvalue weighted by Gasteiger charge is 2.18. The van der Waals surface area contributed by atoms with Gasteiger partial charge in [0.15, 0.2) is 5.13 Å². The van der Waals surface area contributed by atoms with Crippen LogP contribution >= 0.6 is 34.4 Å². The summed E-state index contributed by atoms with van der Waals surface area (Å²) < 4.78 is 25.7. The third-order valence-electron chi connectivity index (χ3n) is 4.03. The number of anilines is 1. The largest absolute Gasteiger partial charge is 0.297 e. The first kappa shape index (κ1) is 16.9. The molecule has 2 heterocycles. The Morgan fingerprint density at radius 3 is 2.84 bits per heavy atom. The predicted molar refractivity (Wildman–Crippen MR) is 100 cm³/mol. The molecule has 0 atom stereocenters. The highest BCUT2D eigenvalue weighted by atomic mass is 32.2. The summed E-state index contributed by atoms with van der Waals surface area (Å²) in [5.74, 6) is -2.60. The number of fused-ring (bicyclic) bond motifs is 2. The van der Waals surface area contributed by atoms with Gasteiger partial charge in [0.25, 0.3) is 11.7 Å². The molecule has 0 radical (unpaired) electrons. The van der Waals surface area contributed by atoms with Gasteiger partial charge in [0.1, 0.15) is 0 Å². The van der Waals surface area contributed by atoms with E-state index in [1.54, 1.807) is 29.5 Å². The molecule has 1 amide bonds. The summed E-state index contributed by atoms with van der Waals surface area (Å²) in [4.78, 5) is 19.4. The minimum Gasteiger partial charge on any atom is -0.297 e. The molecule has 2 aromatic heterocycles. The van der Waals surface area contributed by atoms with Gasteiger partial charge < -0.3 is 0 Å². The van der Waals surface area contributed by atoms with Crippen LogP contribution in [-0.4, -0.2) is 16.6 Å². The second kappa shape index (κ2) is 7.01. The lowest BCUT2D eigenvalue weighted by molar-refractivity contribution is 0.103. The van der Waals surface area contributed by atoms with Crippen molar-refractivity contribution in [2.45, 2.75) is 36.3 Å². The zero-order valence-corrected chi connectivity index (χ0v) is 15.5. The molecular formula is C17H14F2N2OS3. The molecule has 0 unspecified atom stereocenters. The molecule has 1 aliphatic rings. The van der Waals surface area contributed by atoms with E-state index in [1.165, 1.54) is 34.6 Å². The fraction of sp³-hybridized carbons (Fsp3) is 0.294. The topological polar surface area (TPSA) is 42.0 Å². The van der Waals surface area contributed by atoms with Crippen LogP contribution in [0, 0.1) is 0 Å². The van der Waals surface area contributed by atoms with E-state index in [0.717, 1.165) is 17.5 Å². The van der Waals surface area contributed by atoms with Crippen LogP contribution in [0.2, 0.25) is 0 Å². The van der Waals surface area contributed by atoms with Crippen LogP contribution in [0.25, 0.3) is 10.2 Å². The number of carbonyl (C=O) groups excluding carboxylic acids is 1. The van der Waals surface area contributed by atoms with Crippen molar-refractivity contribution in [1.82, 2.24) is 4.98 Å². The molecule has 3 nitrogen and oxygen atoms in total. The molecule has 0 fully saturated rings.